The Bertz CT molecular complexity index is 1320. The van der Waals surface area contributed by atoms with E-state index in [9.17, 15) is 17.6 Å². The molecule has 0 unspecified atom stereocenters. The van der Waals surface area contributed by atoms with E-state index < -0.39 is 15.8 Å². The van der Waals surface area contributed by atoms with Gasteiger partial charge in [0.1, 0.15) is 11.6 Å². The van der Waals surface area contributed by atoms with Crippen LogP contribution in [0.3, 0.4) is 0 Å². The molecule has 1 saturated heterocycles. The summed E-state index contributed by atoms with van der Waals surface area (Å²) in [6.07, 6.45) is 1.63. The third-order valence-electron chi connectivity index (χ3n) is 6.40. The predicted octanol–water partition coefficient (Wildman–Crippen LogP) is 4.22. The molecule has 0 spiro atoms. The van der Waals surface area contributed by atoms with Crippen LogP contribution in [0.2, 0.25) is 0 Å². The Morgan fingerprint density at radius 2 is 1.84 bits per heavy atom. The average molecular weight is 549 g/mol. The highest BCUT2D eigenvalue weighted by atomic mass is 32.2. The zero-order chi connectivity index (χ0) is 26.6. The molecule has 4 rings (SSSR count). The van der Waals surface area contributed by atoms with Crippen molar-refractivity contribution in [3.63, 3.8) is 0 Å². The van der Waals surface area contributed by atoms with Crippen molar-refractivity contribution in [2.45, 2.75) is 31.1 Å². The lowest BCUT2D eigenvalue weighted by Crippen LogP contribution is -2.45. The second-order valence-corrected chi connectivity index (χ2v) is 12.3. The monoisotopic (exact) mass is 548 g/mol. The van der Waals surface area contributed by atoms with Gasteiger partial charge in [-0.15, -0.1) is 0 Å². The van der Waals surface area contributed by atoms with Crippen LogP contribution in [-0.4, -0.2) is 75.4 Å². The van der Waals surface area contributed by atoms with Crippen molar-refractivity contribution in [2.24, 2.45) is 5.92 Å². The molecular formula is C26H33FN4O4S2. The number of carbonyl (C=O) groups excluding carboxylic acids is 1. The summed E-state index contributed by atoms with van der Waals surface area (Å²) < 4.78 is 47.2. The van der Waals surface area contributed by atoms with Crippen LogP contribution in [-0.2, 0) is 14.8 Å². The maximum atomic E-state index is 13.7. The molecule has 0 radical (unpaired) electrons. The average Bonchev–Trinajstić information content (AvgIpc) is 3.30. The molecule has 1 fully saturated rings. The minimum atomic E-state index is -3.74. The van der Waals surface area contributed by atoms with Crippen LogP contribution in [0.1, 0.15) is 26.2 Å². The van der Waals surface area contributed by atoms with Crippen molar-refractivity contribution < 1.29 is 22.3 Å². The van der Waals surface area contributed by atoms with Crippen molar-refractivity contribution in [3.05, 3.63) is 48.3 Å². The van der Waals surface area contributed by atoms with E-state index in [1.54, 1.807) is 4.90 Å². The first-order valence-corrected chi connectivity index (χ1v) is 14.7. The quantitative estimate of drug-likeness (QED) is 0.377. The number of halogens is 1. The number of rotatable bonds is 10. The number of hydrogen-bond acceptors (Lipinski definition) is 7. The Morgan fingerprint density at radius 3 is 2.49 bits per heavy atom. The van der Waals surface area contributed by atoms with Crippen LogP contribution in [0.15, 0.2) is 47.4 Å². The number of sulfonamides is 1. The molecule has 8 nitrogen and oxygen atoms in total. The number of aromatic nitrogens is 1. The van der Waals surface area contributed by atoms with Crippen LogP contribution in [0.25, 0.3) is 10.2 Å². The number of anilines is 1. The highest BCUT2D eigenvalue weighted by Crippen LogP contribution is 2.34. The largest absolute Gasteiger partial charge is 0.494 e. The summed E-state index contributed by atoms with van der Waals surface area (Å²) in [6.45, 7) is 4.34. The summed E-state index contributed by atoms with van der Waals surface area (Å²) in [5.41, 5.74) is 0.814. The van der Waals surface area contributed by atoms with Gasteiger partial charge in [-0.3, -0.25) is 9.69 Å². The van der Waals surface area contributed by atoms with E-state index in [-0.39, 0.29) is 29.8 Å². The third-order valence-corrected chi connectivity index (χ3v) is 9.35. The third kappa shape index (κ3) is 6.46. The van der Waals surface area contributed by atoms with Gasteiger partial charge >= 0.3 is 0 Å². The van der Waals surface area contributed by atoms with E-state index in [1.165, 1.54) is 27.8 Å². The van der Waals surface area contributed by atoms with Gasteiger partial charge in [-0.2, -0.15) is 4.31 Å². The second-order valence-electron chi connectivity index (χ2n) is 9.34. The number of piperidine rings is 1. The van der Waals surface area contributed by atoms with Crippen molar-refractivity contribution in [1.82, 2.24) is 14.2 Å². The van der Waals surface area contributed by atoms with Gasteiger partial charge in [-0.1, -0.05) is 11.3 Å². The number of ether oxygens (including phenoxy) is 1. The topological polar surface area (TPSA) is 83.1 Å². The minimum Gasteiger partial charge on any atom is -0.494 e. The molecule has 2 aromatic carbocycles. The lowest BCUT2D eigenvalue weighted by molar-refractivity contribution is -0.123. The maximum Gasteiger partial charge on any atom is 0.243 e. The molecule has 3 aromatic rings. The number of nitrogens with zero attached hydrogens (tertiary/aromatic N) is 4. The number of benzene rings is 2. The molecule has 11 heteroatoms. The summed E-state index contributed by atoms with van der Waals surface area (Å²) >= 11 is 1.46. The zero-order valence-electron chi connectivity index (χ0n) is 21.4. The molecule has 0 aliphatic carbocycles. The first kappa shape index (κ1) is 27.4. The molecule has 0 N–H and O–H groups in total. The molecule has 37 heavy (non-hydrogen) atoms. The van der Waals surface area contributed by atoms with Crippen LogP contribution in [0, 0.1) is 11.7 Å². The Labute approximate surface area is 221 Å². The summed E-state index contributed by atoms with van der Waals surface area (Å²) in [5.74, 6) is -0.0429. The molecule has 0 saturated carbocycles. The van der Waals surface area contributed by atoms with Gasteiger partial charge in [-0.25, -0.2) is 17.8 Å². The molecular weight excluding hydrogens is 515 g/mol. The van der Waals surface area contributed by atoms with Gasteiger partial charge in [0, 0.05) is 25.6 Å². The predicted molar refractivity (Wildman–Crippen MR) is 144 cm³/mol. The Hall–Kier alpha value is -2.60. The fourth-order valence-corrected chi connectivity index (χ4v) is 6.92. The van der Waals surface area contributed by atoms with Gasteiger partial charge < -0.3 is 9.64 Å². The first-order chi connectivity index (χ1) is 17.7. The van der Waals surface area contributed by atoms with E-state index in [4.69, 9.17) is 9.72 Å². The van der Waals surface area contributed by atoms with Crippen molar-refractivity contribution >= 4 is 42.6 Å². The number of amides is 1. The number of carbonyl (C=O) groups is 1. The van der Waals surface area contributed by atoms with E-state index >= 15 is 0 Å². The maximum absolute atomic E-state index is 13.7. The minimum absolute atomic E-state index is 0.0262. The fraction of sp³-hybridized carbons (Fsp3) is 0.462. The molecule has 0 bridgehead atoms. The van der Waals surface area contributed by atoms with Crippen LogP contribution in [0.4, 0.5) is 9.52 Å². The van der Waals surface area contributed by atoms with Crippen LogP contribution >= 0.6 is 11.3 Å². The van der Waals surface area contributed by atoms with Crippen LogP contribution in [0.5, 0.6) is 5.75 Å². The van der Waals surface area contributed by atoms with Gasteiger partial charge in [0.15, 0.2) is 5.13 Å². The number of hydrogen-bond donors (Lipinski definition) is 0. The zero-order valence-corrected chi connectivity index (χ0v) is 23.0. The molecule has 0 atom stereocenters. The lowest BCUT2D eigenvalue weighted by atomic mass is 9.96. The molecule has 200 valence electrons. The fourth-order valence-electron chi connectivity index (χ4n) is 4.43. The molecule has 1 aliphatic heterocycles. The standard InChI is InChI=1S/C26H33FN4O4S2/c1-4-35-21-8-11-23-24(18-21)36-26(28-23)31(15-5-14-29(2)3)25(32)19-12-16-30(17-13-19)37(33,34)22-9-6-20(27)7-10-22/h6-11,18-19H,4-5,12-17H2,1-3H3. The van der Waals surface area contributed by atoms with Gasteiger partial charge in [0.2, 0.25) is 15.9 Å². The van der Waals surface area contributed by atoms with Crippen molar-refractivity contribution in [3.8, 4) is 5.75 Å². The van der Waals surface area contributed by atoms with Crippen molar-refractivity contribution in [1.29, 1.82) is 0 Å². The summed E-state index contributed by atoms with van der Waals surface area (Å²) in [7, 11) is 0.257. The Morgan fingerprint density at radius 1 is 1.14 bits per heavy atom. The van der Waals surface area contributed by atoms with E-state index in [0.717, 1.165) is 41.1 Å². The van der Waals surface area contributed by atoms with Crippen LogP contribution < -0.4 is 9.64 Å². The molecule has 1 aliphatic rings. The van der Waals surface area contributed by atoms with Gasteiger partial charge in [0.05, 0.1) is 21.7 Å². The molecule has 2 heterocycles. The van der Waals surface area contributed by atoms with Crippen molar-refractivity contribution in [2.75, 3.05) is 51.8 Å². The Balaban J connectivity index is 1.50. The highest BCUT2D eigenvalue weighted by molar-refractivity contribution is 7.89. The van der Waals surface area contributed by atoms with Gasteiger partial charge in [-0.05, 0) is 89.3 Å². The normalized spacial score (nSPS) is 15.4. The smallest absolute Gasteiger partial charge is 0.243 e. The summed E-state index contributed by atoms with van der Waals surface area (Å²) in [4.78, 5) is 22.4. The van der Waals surface area contributed by atoms with Gasteiger partial charge in [0.25, 0.3) is 0 Å². The molecule has 1 aromatic heterocycles. The van der Waals surface area contributed by atoms with E-state index in [0.29, 0.717) is 31.1 Å². The highest BCUT2D eigenvalue weighted by Gasteiger charge is 2.35. The first-order valence-electron chi connectivity index (χ1n) is 12.4. The lowest BCUT2D eigenvalue weighted by Gasteiger charge is -2.33. The number of fused-ring (bicyclic) bond motifs is 1. The Kier molecular flexibility index (Phi) is 8.79. The second kappa shape index (κ2) is 11.8. The van der Waals surface area contributed by atoms with E-state index in [1.807, 2.05) is 39.2 Å². The SMILES string of the molecule is CCOc1ccc2nc(N(CCCN(C)C)C(=O)C3CCN(S(=O)(=O)c4ccc(F)cc4)CC3)sc2c1. The van der Waals surface area contributed by atoms with E-state index in [2.05, 4.69) is 4.90 Å². The molecule has 1 amide bonds. The summed E-state index contributed by atoms with van der Waals surface area (Å²) in [5, 5.41) is 0.647. The summed E-state index contributed by atoms with van der Waals surface area (Å²) in [6, 6.07) is 10.6. The number of thiazole rings is 1.